The Kier molecular flexibility index (Phi) is 7.73. The Morgan fingerprint density at radius 1 is 1.19 bits per heavy atom. The fourth-order valence-electron chi connectivity index (χ4n) is 3.21. The minimum atomic E-state index is -0.206. The van der Waals surface area contributed by atoms with Crippen molar-refractivity contribution in [3.05, 3.63) is 46.1 Å². The van der Waals surface area contributed by atoms with Gasteiger partial charge in [0.1, 0.15) is 11.4 Å². The van der Waals surface area contributed by atoms with Gasteiger partial charge in [-0.1, -0.05) is 12.1 Å². The van der Waals surface area contributed by atoms with E-state index in [0.29, 0.717) is 40.2 Å². The molecule has 2 heterocycles. The van der Waals surface area contributed by atoms with Gasteiger partial charge in [-0.15, -0.1) is 11.3 Å². The Hall–Kier alpha value is -3.08. The lowest BCUT2D eigenvalue weighted by atomic mass is 10.1. The molecule has 0 spiro atoms. The predicted molar refractivity (Wildman–Crippen MR) is 124 cm³/mol. The van der Waals surface area contributed by atoms with E-state index in [1.807, 2.05) is 45.3 Å². The van der Waals surface area contributed by atoms with Crippen LogP contribution in [0.1, 0.15) is 26.6 Å². The van der Waals surface area contributed by atoms with E-state index in [-0.39, 0.29) is 18.4 Å². The quantitative estimate of drug-likeness (QED) is 0.509. The number of likely N-dealkylation sites (N-methyl/N-ethyl adjacent to an activating group) is 1. The van der Waals surface area contributed by atoms with Crippen LogP contribution >= 0.6 is 11.3 Å². The van der Waals surface area contributed by atoms with E-state index in [9.17, 15) is 9.59 Å². The summed E-state index contributed by atoms with van der Waals surface area (Å²) in [6, 6.07) is 7.40. The number of aromatic nitrogens is 2. The number of benzene rings is 1. The van der Waals surface area contributed by atoms with Crippen LogP contribution in [0.15, 0.2) is 24.3 Å². The van der Waals surface area contributed by atoms with Gasteiger partial charge in [0.05, 0.1) is 23.9 Å². The molecule has 0 fully saturated rings. The van der Waals surface area contributed by atoms with Crippen molar-refractivity contribution < 1.29 is 19.1 Å². The van der Waals surface area contributed by atoms with Crippen molar-refractivity contribution in [2.75, 3.05) is 40.2 Å². The molecule has 2 aromatic heterocycles. The van der Waals surface area contributed by atoms with Crippen molar-refractivity contribution in [1.29, 1.82) is 0 Å². The standard InChI is InChI=1S/C22H27N5O4S/c1-13-18-21(31-5)25-16(12-30-4)26-22(18)32-19(13)20(29)23-10-14-7-6-8-15(9-14)24-17(28)11-27(2)3/h6-9H,10-12H2,1-5H3,(H,23,29)(H,24,28). The molecule has 3 rings (SSSR count). The summed E-state index contributed by atoms with van der Waals surface area (Å²) in [4.78, 5) is 36.8. The number of anilines is 1. The molecule has 9 nitrogen and oxygen atoms in total. The first-order valence-corrected chi connectivity index (χ1v) is 10.8. The molecular formula is C22H27N5O4S. The lowest BCUT2D eigenvalue weighted by Crippen LogP contribution is -2.27. The van der Waals surface area contributed by atoms with Crippen molar-refractivity contribution in [3.63, 3.8) is 0 Å². The zero-order valence-corrected chi connectivity index (χ0v) is 19.6. The largest absolute Gasteiger partial charge is 0.480 e. The van der Waals surface area contributed by atoms with E-state index < -0.39 is 0 Å². The van der Waals surface area contributed by atoms with Gasteiger partial charge < -0.3 is 25.0 Å². The number of hydrogen-bond acceptors (Lipinski definition) is 8. The number of amides is 2. The lowest BCUT2D eigenvalue weighted by molar-refractivity contribution is -0.116. The highest BCUT2D eigenvalue weighted by Gasteiger charge is 2.21. The molecule has 0 saturated carbocycles. The van der Waals surface area contributed by atoms with Gasteiger partial charge in [-0.3, -0.25) is 9.59 Å². The van der Waals surface area contributed by atoms with Crippen LogP contribution in [-0.4, -0.2) is 61.5 Å². The number of hydrogen-bond donors (Lipinski definition) is 2. The second kappa shape index (κ2) is 10.5. The SMILES string of the molecule is COCc1nc(OC)c2c(C)c(C(=O)NCc3cccc(NC(=O)CN(C)C)c3)sc2n1. The minimum absolute atomic E-state index is 0.0972. The smallest absolute Gasteiger partial charge is 0.261 e. The third-order valence-corrected chi connectivity index (χ3v) is 5.78. The minimum Gasteiger partial charge on any atom is -0.480 e. The topological polar surface area (TPSA) is 106 Å². The van der Waals surface area contributed by atoms with Crippen LogP contribution < -0.4 is 15.4 Å². The van der Waals surface area contributed by atoms with E-state index in [1.165, 1.54) is 11.3 Å². The Labute approximate surface area is 190 Å². The van der Waals surface area contributed by atoms with Crippen LogP contribution in [0, 0.1) is 6.92 Å². The summed E-state index contributed by atoms with van der Waals surface area (Å²) in [5.74, 6) is 0.622. The summed E-state index contributed by atoms with van der Waals surface area (Å²) in [7, 11) is 6.78. The van der Waals surface area contributed by atoms with Crippen LogP contribution in [0.2, 0.25) is 0 Å². The van der Waals surface area contributed by atoms with Gasteiger partial charge in [0.15, 0.2) is 5.82 Å². The highest BCUT2D eigenvalue weighted by molar-refractivity contribution is 7.20. The molecule has 3 aromatic rings. The molecule has 32 heavy (non-hydrogen) atoms. The third-order valence-electron chi connectivity index (χ3n) is 4.60. The molecular weight excluding hydrogens is 430 g/mol. The molecule has 0 atom stereocenters. The Morgan fingerprint density at radius 2 is 1.97 bits per heavy atom. The maximum absolute atomic E-state index is 12.9. The van der Waals surface area contributed by atoms with Gasteiger partial charge in [-0.25, -0.2) is 4.98 Å². The Morgan fingerprint density at radius 3 is 2.66 bits per heavy atom. The van der Waals surface area contributed by atoms with Crippen LogP contribution in [0.3, 0.4) is 0 Å². The van der Waals surface area contributed by atoms with Gasteiger partial charge in [0, 0.05) is 19.3 Å². The number of ether oxygens (including phenoxy) is 2. The van der Waals surface area contributed by atoms with Gasteiger partial charge in [-0.2, -0.15) is 4.98 Å². The monoisotopic (exact) mass is 457 g/mol. The average molecular weight is 458 g/mol. The van der Waals surface area contributed by atoms with Gasteiger partial charge in [0.2, 0.25) is 11.8 Å². The first kappa shape index (κ1) is 23.6. The van der Waals surface area contributed by atoms with Crippen LogP contribution in [0.5, 0.6) is 5.88 Å². The molecule has 1 aromatic carbocycles. The van der Waals surface area contributed by atoms with E-state index in [4.69, 9.17) is 9.47 Å². The average Bonchev–Trinajstić information content (AvgIpc) is 3.08. The number of carbonyl (C=O) groups is 2. The number of rotatable bonds is 9. The predicted octanol–water partition coefficient (Wildman–Crippen LogP) is 2.58. The van der Waals surface area contributed by atoms with E-state index in [2.05, 4.69) is 20.6 Å². The third kappa shape index (κ3) is 5.58. The molecule has 0 unspecified atom stereocenters. The van der Waals surface area contributed by atoms with Gasteiger partial charge >= 0.3 is 0 Å². The molecule has 2 amide bonds. The first-order valence-electron chi connectivity index (χ1n) is 9.97. The number of nitrogens with one attached hydrogen (secondary N) is 2. The molecule has 0 bridgehead atoms. The number of carbonyl (C=O) groups excluding carboxylic acids is 2. The molecule has 0 aliphatic rings. The highest BCUT2D eigenvalue weighted by atomic mass is 32.1. The van der Waals surface area contributed by atoms with Crippen molar-refractivity contribution in [2.45, 2.75) is 20.1 Å². The van der Waals surface area contributed by atoms with Crippen LogP contribution in [-0.2, 0) is 22.7 Å². The number of thiophene rings is 1. The van der Waals surface area contributed by atoms with Crippen LogP contribution in [0.4, 0.5) is 5.69 Å². The second-order valence-electron chi connectivity index (χ2n) is 7.49. The molecule has 0 radical (unpaired) electrons. The second-order valence-corrected chi connectivity index (χ2v) is 8.49. The molecule has 2 N–H and O–H groups in total. The molecule has 0 aliphatic carbocycles. The zero-order valence-electron chi connectivity index (χ0n) is 18.8. The van der Waals surface area contributed by atoms with Crippen molar-refractivity contribution >= 4 is 39.1 Å². The Bertz CT molecular complexity index is 1130. The zero-order chi connectivity index (χ0) is 23.3. The van der Waals surface area contributed by atoms with Crippen molar-refractivity contribution in [2.24, 2.45) is 0 Å². The Balaban J connectivity index is 1.74. The summed E-state index contributed by atoms with van der Waals surface area (Å²) in [6.07, 6.45) is 0. The van der Waals surface area contributed by atoms with E-state index >= 15 is 0 Å². The molecule has 170 valence electrons. The number of aryl methyl sites for hydroxylation is 1. The maximum atomic E-state index is 12.9. The molecule has 0 aliphatic heterocycles. The normalized spacial score (nSPS) is 11.1. The number of fused-ring (bicyclic) bond motifs is 1. The fourth-order valence-corrected chi connectivity index (χ4v) is 4.32. The van der Waals surface area contributed by atoms with Crippen molar-refractivity contribution in [1.82, 2.24) is 20.2 Å². The highest BCUT2D eigenvalue weighted by Crippen LogP contribution is 2.35. The summed E-state index contributed by atoms with van der Waals surface area (Å²) in [5.41, 5.74) is 2.33. The van der Waals surface area contributed by atoms with E-state index in [0.717, 1.165) is 16.5 Å². The maximum Gasteiger partial charge on any atom is 0.261 e. The number of methoxy groups -OCH3 is 2. The summed E-state index contributed by atoms with van der Waals surface area (Å²) in [5, 5.41) is 6.53. The number of nitrogens with zero attached hydrogens (tertiary/aromatic N) is 3. The summed E-state index contributed by atoms with van der Waals surface area (Å²) >= 11 is 1.29. The molecule has 0 saturated heterocycles. The van der Waals surface area contributed by atoms with Gasteiger partial charge in [-0.05, 0) is 44.3 Å². The lowest BCUT2D eigenvalue weighted by Gasteiger charge is -2.11. The fraction of sp³-hybridized carbons (Fsp3) is 0.364. The summed E-state index contributed by atoms with van der Waals surface area (Å²) < 4.78 is 10.5. The summed E-state index contributed by atoms with van der Waals surface area (Å²) in [6.45, 7) is 2.73. The van der Waals surface area contributed by atoms with Gasteiger partial charge in [0.25, 0.3) is 5.91 Å². The molecule has 10 heteroatoms. The van der Waals surface area contributed by atoms with Crippen LogP contribution in [0.25, 0.3) is 10.2 Å². The van der Waals surface area contributed by atoms with E-state index in [1.54, 1.807) is 19.1 Å². The van der Waals surface area contributed by atoms with Crippen molar-refractivity contribution in [3.8, 4) is 5.88 Å². The first-order chi connectivity index (χ1) is 15.3.